The van der Waals surface area contributed by atoms with Gasteiger partial charge in [-0.25, -0.2) is 0 Å². The van der Waals surface area contributed by atoms with Crippen molar-refractivity contribution in [1.82, 2.24) is 20.0 Å². The Labute approximate surface area is 141 Å². The van der Waals surface area contributed by atoms with E-state index in [1.807, 2.05) is 13.0 Å². The Morgan fingerprint density at radius 2 is 1.88 bits per heavy atom. The van der Waals surface area contributed by atoms with Crippen LogP contribution in [0.15, 0.2) is 22.6 Å². The van der Waals surface area contributed by atoms with Crippen molar-refractivity contribution in [2.45, 2.75) is 26.4 Å². The quantitative estimate of drug-likeness (QED) is 0.849. The zero-order valence-corrected chi connectivity index (χ0v) is 14.1. The molecule has 7 heteroatoms. The first kappa shape index (κ1) is 15.4. The van der Waals surface area contributed by atoms with Crippen LogP contribution < -0.4 is 9.47 Å². The molecule has 3 heterocycles. The molecule has 0 bridgehead atoms. The van der Waals surface area contributed by atoms with Crippen LogP contribution in [0.5, 0.6) is 11.5 Å². The molecule has 1 atom stereocenters. The van der Waals surface area contributed by atoms with E-state index in [4.69, 9.17) is 13.9 Å². The van der Waals surface area contributed by atoms with Crippen molar-refractivity contribution in [2.24, 2.45) is 0 Å². The second-order valence-electron chi connectivity index (χ2n) is 6.34. The van der Waals surface area contributed by atoms with Gasteiger partial charge in [-0.3, -0.25) is 9.80 Å². The lowest BCUT2D eigenvalue weighted by molar-refractivity contribution is 0.0870. The van der Waals surface area contributed by atoms with E-state index < -0.39 is 0 Å². The van der Waals surface area contributed by atoms with E-state index in [0.717, 1.165) is 44.2 Å². The predicted molar refractivity (Wildman–Crippen MR) is 86.9 cm³/mol. The lowest BCUT2D eigenvalue weighted by Gasteiger charge is -2.36. The lowest BCUT2D eigenvalue weighted by atomic mass is 10.1. The first-order valence-corrected chi connectivity index (χ1v) is 8.34. The fraction of sp³-hybridized carbons (Fsp3) is 0.529. The molecule has 2 aliphatic rings. The Morgan fingerprint density at radius 3 is 2.62 bits per heavy atom. The average Bonchev–Trinajstić information content (AvgIpc) is 3.23. The van der Waals surface area contributed by atoms with Crippen molar-refractivity contribution in [3.63, 3.8) is 0 Å². The number of hydrogen-bond donors (Lipinski definition) is 0. The van der Waals surface area contributed by atoms with Gasteiger partial charge in [-0.1, -0.05) is 6.07 Å². The van der Waals surface area contributed by atoms with Crippen LogP contribution in [0.2, 0.25) is 0 Å². The lowest BCUT2D eigenvalue weighted by Crippen LogP contribution is -2.46. The van der Waals surface area contributed by atoms with E-state index in [-0.39, 0.29) is 6.04 Å². The largest absolute Gasteiger partial charge is 0.454 e. The highest BCUT2D eigenvalue weighted by Gasteiger charge is 2.25. The summed E-state index contributed by atoms with van der Waals surface area (Å²) in [6.45, 7) is 9.23. The molecule has 128 valence electrons. The molecule has 0 unspecified atom stereocenters. The Morgan fingerprint density at radius 1 is 1.08 bits per heavy atom. The third kappa shape index (κ3) is 3.09. The summed E-state index contributed by atoms with van der Waals surface area (Å²) in [6.07, 6.45) is 0. The first-order valence-electron chi connectivity index (χ1n) is 8.34. The monoisotopic (exact) mass is 330 g/mol. The van der Waals surface area contributed by atoms with Gasteiger partial charge in [0, 0.05) is 39.6 Å². The predicted octanol–water partition coefficient (Wildman–Crippen LogP) is 1.99. The van der Waals surface area contributed by atoms with Gasteiger partial charge in [-0.05, 0) is 24.6 Å². The van der Waals surface area contributed by atoms with Gasteiger partial charge in [-0.15, -0.1) is 10.2 Å². The summed E-state index contributed by atoms with van der Waals surface area (Å²) in [5.41, 5.74) is 1.26. The van der Waals surface area contributed by atoms with E-state index in [9.17, 15) is 0 Å². The van der Waals surface area contributed by atoms with Crippen LogP contribution in [0.25, 0.3) is 0 Å². The smallest absolute Gasteiger partial charge is 0.233 e. The minimum Gasteiger partial charge on any atom is -0.454 e. The SMILES string of the molecule is Cc1nnc([C@H](C)N2CCN(Cc3ccc4c(c3)OCO4)CC2)o1. The standard InChI is InChI=1S/C17H22N4O3/c1-12(17-19-18-13(2)24-17)21-7-5-20(6-8-21)10-14-3-4-15-16(9-14)23-11-22-15/h3-4,9,12H,5-8,10-11H2,1-2H3/t12-/m0/s1. The molecule has 24 heavy (non-hydrogen) atoms. The molecule has 4 rings (SSSR count). The fourth-order valence-electron chi connectivity index (χ4n) is 3.24. The second-order valence-corrected chi connectivity index (χ2v) is 6.34. The molecule has 0 N–H and O–H groups in total. The highest BCUT2D eigenvalue weighted by molar-refractivity contribution is 5.44. The van der Waals surface area contributed by atoms with Crippen molar-refractivity contribution in [2.75, 3.05) is 33.0 Å². The normalized spacial score (nSPS) is 19.6. The maximum atomic E-state index is 5.56. The maximum absolute atomic E-state index is 5.56. The summed E-state index contributed by atoms with van der Waals surface area (Å²) < 4.78 is 16.4. The van der Waals surface area contributed by atoms with Crippen LogP contribution >= 0.6 is 0 Å². The van der Waals surface area contributed by atoms with E-state index in [1.165, 1.54) is 5.56 Å². The van der Waals surface area contributed by atoms with Gasteiger partial charge < -0.3 is 13.9 Å². The summed E-state index contributed by atoms with van der Waals surface area (Å²) >= 11 is 0. The minimum atomic E-state index is 0.166. The summed E-state index contributed by atoms with van der Waals surface area (Å²) in [4.78, 5) is 4.85. The van der Waals surface area contributed by atoms with Crippen molar-refractivity contribution in [3.8, 4) is 11.5 Å². The highest BCUT2D eigenvalue weighted by atomic mass is 16.7. The van der Waals surface area contributed by atoms with Gasteiger partial charge in [0.2, 0.25) is 18.6 Å². The molecular weight excluding hydrogens is 308 g/mol. The van der Waals surface area contributed by atoms with Gasteiger partial charge >= 0.3 is 0 Å². The Kier molecular flexibility index (Phi) is 4.12. The summed E-state index contributed by atoms with van der Waals surface area (Å²) in [5.74, 6) is 3.02. The van der Waals surface area contributed by atoms with E-state index >= 15 is 0 Å². The third-order valence-corrected chi connectivity index (χ3v) is 4.70. The summed E-state index contributed by atoms with van der Waals surface area (Å²) in [6, 6.07) is 6.36. The van der Waals surface area contributed by atoms with Gasteiger partial charge in [0.1, 0.15) is 0 Å². The molecule has 1 fully saturated rings. The molecule has 2 aromatic rings. The molecular formula is C17H22N4O3. The second kappa shape index (κ2) is 6.41. The molecule has 2 aliphatic heterocycles. The number of fused-ring (bicyclic) bond motifs is 1. The number of aromatic nitrogens is 2. The Hall–Kier alpha value is -2.12. The van der Waals surface area contributed by atoms with Crippen LogP contribution in [0, 0.1) is 6.92 Å². The van der Waals surface area contributed by atoms with Crippen LogP contribution in [0.4, 0.5) is 0 Å². The third-order valence-electron chi connectivity index (χ3n) is 4.70. The average molecular weight is 330 g/mol. The maximum Gasteiger partial charge on any atom is 0.233 e. The molecule has 7 nitrogen and oxygen atoms in total. The summed E-state index contributed by atoms with van der Waals surface area (Å²) in [5, 5.41) is 8.07. The van der Waals surface area contributed by atoms with Crippen LogP contribution in [-0.2, 0) is 6.54 Å². The Bertz CT molecular complexity index is 710. The van der Waals surface area contributed by atoms with Gasteiger partial charge in [-0.2, -0.15) is 0 Å². The molecule has 1 saturated heterocycles. The molecule has 0 saturated carbocycles. The highest BCUT2D eigenvalue weighted by Crippen LogP contribution is 2.33. The minimum absolute atomic E-state index is 0.166. The van der Waals surface area contributed by atoms with Crippen LogP contribution in [0.3, 0.4) is 0 Å². The van der Waals surface area contributed by atoms with E-state index in [0.29, 0.717) is 18.6 Å². The molecule has 1 aromatic carbocycles. The Balaban J connectivity index is 1.33. The number of piperazine rings is 1. The van der Waals surface area contributed by atoms with E-state index in [2.05, 4.69) is 39.1 Å². The van der Waals surface area contributed by atoms with Gasteiger partial charge in [0.25, 0.3) is 0 Å². The van der Waals surface area contributed by atoms with E-state index in [1.54, 1.807) is 0 Å². The molecule has 0 aliphatic carbocycles. The first-order chi connectivity index (χ1) is 11.7. The zero-order chi connectivity index (χ0) is 16.5. The number of nitrogens with zero attached hydrogens (tertiary/aromatic N) is 4. The van der Waals surface area contributed by atoms with Crippen LogP contribution in [-0.4, -0.2) is 53.0 Å². The zero-order valence-electron chi connectivity index (χ0n) is 14.1. The molecule has 1 aromatic heterocycles. The molecule has 0 spiro atoms. The van der Waals surface area contributed by atoms with Gasteiger partial charge in [0.05, 0.1) is 6.04 Å². The number of hydrogen-bond acceptors (Lipinski definition) is 7. The van der Waals surface area contributed by atoms with Crippen molar-refractivity contribution in [1.29, 1.82) is 0 Å². The number of ether oxygens (including phenoxy) is 2. The summed E-state index contributed by atoms with van der Waals surface area (Å²) in [7, 11) is 0. The number of benzene rings is 1. The number of aryl methyl sites for hydroxylation is 1. The van der Waals surface area contributed by atoms with Crippen molar-refractivity contribution in [3.05, 3.63) is 35.5 Å². The van der Waals surface area contributed by atoms with Crippen LogP contribution in [0.1, 0.15) is 30.3 Å². The van der Waals surface area contributed by atoms with Gasteiger partial charge in [0.15, 0.2) is 11.5 Å². The van der Waals surface area contributed by atoms with Crippen molar-refractivity contribution < 1.29 is 13.9 Å². The molecule has 0 radical (unpaired) electrons. The fourth-order valence-corrected chi connectivity index (χ4v) is 3.24. The molecule has 0 amide bonds. The van der Waals surface area contributed by atoms with Crippen molar-refractivity contribution >= 4 is 0 Å². The number of rotatable bonds is 4. The topological polar surface area (TPSA) is 63.9 Å².